The van der Waals surface area contributed by atoms with E-state index in [4.69, 9.17) is 39.8 Å². The number of nitrogens with zero attached hydrogens (tertiary/aromatic N) is 4. The van der Waals surface area contributed by atoms with Crippen molar-refractivity contribution in [2.45, 2.75) is 112 Å². The van der Waals surface area contributed by atoms with Crippen LogP contribution in [-0.4, -0.2) is 173 Å². The fourth-order valence-electron chi connectivity index (χ4n) is 6.41. The molecule has 0 aromatic heterocycles. The topological polar surface area (TPSA) is 96.0 Å². The predicted molar refractivity (Wildman–Crippen MR) is 214 cm³/mol. The molecule has 0 spiro atoms. The molecule has 0 N–H and O–H groups in total. The van der Waals surface area contributed by atoms with Crippen molar-refractivity contribution in [2.75, 3.05) is 121 Å². The maximum absolute atomic E-state index is 7.33. The molecule has 0 aliphatic heterocycles. The molecule has 2 unspecified atom stereocenters. The van der Waals surface area contributed by atoms with Crippen LogP contribution in [0, 0.1) is 0 Å². The Labute approximate surface area is 317 Å². The number of rotatable bonds is 36. The van der Waals surface area contributed by atoms with Crippen LogP contribution in [0.25, 0.3) is 0 Å². The van der Waals surface area contributed by atoms with Crippen LogP contribution in [0.4, 0.5) is 0 Å². The first kappa shape index (κ1) is 51.1. The Morgan fingerprint density at radius 3 is 1.00 bits per heavy atom. The molecule has 0 heterocycles. The summed E-state index contributed by atoms with van der Waals surface area (Å²) in [4.78, 5) is 9.57. The second-order valence-electron chi connectivity index (χ2n) is 12.8. The lowest BCUT2D eigenvalue weighted by molar-refractivity contribution is -0.341. The van der Waals surface area contributed by atoms with E-state index in [9.17, 15) is 0 Å². The second kappa shape index (κ2) is 28.5. The zero-order valence-electron chi connectivity index (χ0n) is 35.6. The smallest absolute Gasteiger partial charge is 0.378 e. The molecule has 0 aromatic rings. The van der Waals surface area contributed by atoms with Crippen LogP contribution in [-0.2, 0) is 39.8 Å². The second-order valence-corrected chi connectivity index (χ2v) is 21.9. The Hall–Kier alpha value is 0.131. The first-order valence-electron chi connectivity index (χ1n) is 19.8. The molecular weight excluding hydrogens is 705 g/mol. The van der Waals surface area contributed by atoms with Gasteiger partial charge in [-0.25, -0.2) is 0 Å². The summed E-state index contributed by atoms with van der Waals surface area (Å²) >= 11 is 0. The molecule has 16 heteroatoms. The van der Waals surface area contributed by atoms with Gasteiger partial charge in [-0.15, -0.1) is 0 Å². The van der Waals surface area contributed by atoms with Crippen molar-refractivity contribution in [3.8, 4) is 0 Å². The maximum atomic E-state index is 7.33. The fourth-order valence-corrected chi connectivity index (χ4v) is 17.9. The SMILES string of the molecule is CCN(CC)CCCC(OC)(OC)O[Si](CCCN(CC)CC)(OC)O[Si](CCCN(CC)CC)(OC)O[Si](CCCN(CC)CC)(OC)OC. The highest BCUT2D eigenvalue weighted by atomic mass is 28.5. The van der Waals surface area contributed by atoms with E-state index in [1.165, 1.54) is 0 Å². The van der Waals surface area contributed by atoms with Crippen molar-refractivity contribution in [2.24, 2.45) is 0 Å². The molecule has 13 nitrogen and oxygen atoms in total. The average molecular weight is 787 g/mol. The van der Waals surface area contributed by atoms with Gasteiger partial charge in [-0.3, -0.25) is 0 Å². The molecule has 51 heavy (non-hydrogen) atoms. The third-order valence-corrected chi connectivity index (χ3v) is 21.2. The fraction of sp³-hybridized carbons (Fsp3) is 1.00. The quantitative estimate of drug-likeness (QED) is 0.0575. The van der Waals surface area contributed by atoms with E-state index in [0.29, 0.717) is 24.6 Å². The average Bonchev–Trinajstić information content (AvgIpc) is 3.17. The summed E-state index contributed by atoms with van der Waals surface area (Å²) in [6.45, 7) is 28.8. The van der Waals surface area contributed by atoms with Gasteiger partial charge in [0, 0.05) is 67.2 Å². The molecule has 0 aliphatic rings. The third-order valence-electron chi connectivity index (χ3n) is 10.2. The van der Waals surface area contributed by atoms with Gasteiger partial charge >= 0.3 is 26.4 Å². The molecule has 0 saturated heterocycles. The predicted octanol–water partition coefficient (Wildman–Crippen LogP) is 5.70. The zero-order chi connectivity index (χ0) is 38.8. The van der Waals surface area contributed by atoms with E-state index in [-0.39, 0.29) is 0 Å². The number of hydrogen-bond acceptors (Lipinski definition) is 13. The maximum Gasteiger partial charge on any atom is 0.497 e. The summed E-state index contributed by atoms with van der Waals surface area (Å²) < 4.78 is 59.0. The van der Waals surface area contributed by atoms with Gasteiger partial charge in [0.25, 0.3) is 5.97 Å². The van der Waals surface area contributed by atoms with Crippen molar-refractivity contribution >= 4 is 26.4 Å². The van der Waals surface area contributed by atoms with Gasteiger partial charge in [0.2, 0.25) is 0 Å². The summed E-state index contributed by atoms with van der Waals surface area (Å²) in [6.07, 6.45) is 3.76. The van der Waals surface area contributed by atoms with E-state index in [2.05, 4.69) is 75.0 Å². The van der Waals surface area contributed by atoms with Crippen LogP contribution in [0.3, 0.4) is 0 Å². The Morgan fingerprint density at radius 2 is 0.686 bits per heavy atom. The lowest BCUT2D eigenvalue weighted by Gasteiger charge is -2.44. The van der Waals surface area contributed by atoms with Crippen molar-refractivity contribution in [1.82, 2.24) is 19.6 Å². The van der Waals surface area contributed by atoms with E-state index in [0.717, 1.165) is 104 Å². The summed E-state index contributed by atoms with van der Waals surface area (Å²) in [5.41, 5.74) is 0. The number of methoxy groups -OCH3 is 2. The van der Waals surface area contributed by atoms with Gasteiger partial charge in [-0.2, -0.15) is 0 Å². The summed E-state index contributed by atoms with van der Waals surface area (Å²) in [7, 11) is -0.603. The Balaban J connectivity index is 7.01. The summed E-state index contributed by atoms with van der Waals surface area (Å²) in [5.74, 6) is -1.37. The van der Waals surface area contributed by atoms with Gasteiger partial charge in [-0.1, -0.05) is 55.4 Å². The highest BCUT2D eigenvalue weighted by Gasteiger charge is 2.60. The molecule has 0 bridgehead atoms. The highest BCUT2D eigenvalue weighted by Crippen LogP contribution is 2.36. The van der Waals surface area contributed by atoms with Crippen LogP contribution < -0.4 is 0 Å². The molecule has 308 valence electrons. The summed E-state index contributed by atoms with van der Waals surface area (Å²) in [6, 6.07) is 1.70. The molecule has 0 amide bonds. The van der Waals surface area contributed by atoms with E-state index in [1.807, 2.05) is 0 Å². The molecule has 0 saturated carbocycles. The van der Waals surface area contributed by atoms with Gasteiger partial charge in [0.05, 0.1) is 0 Å². The largest absolute Gasteiger partial charge is 0.497 e. The van der Waals surface area contributed by atoms with E-state index < -0.39 is 32.4 Å². The van der Waals surface area contributed by atoms with Crippen molar-refractivity contribution in [3.63, 3.8) is 0 Å². The normalized spacial score (nSPS) is 15.4. The molecule has 0 aliphatic carbocycles. The van der Waals surface area contributed by atoms with E-state index in [1.54, 1.807) is 42.7 Å². The third kappa shape index (κ3) is 18.1. The van der Waals surface area contributed by atoms with Crippen molar-refractivity contribution in [1.29, 1.82) is 0 Å². The monoisotopic (exact) mass is 787 g/mol. The number of hydrogen-bond donors (Lipinski definition) is 0. The van der Waals surface area contributed by atoms with Crippen molar-refractivity contribution < 1.29 is 39.8 Å². The van der Waals surface area contributed by atoms with Crippen LogP contribution in [0.1, 0.15) is 87.5 Å². The number of ether oxygens (including phenoxy) is 2. The molecule has 0 fully saturated rings. The lowest BCUT2D eigenvalue weighted by atomic mass is 10.2. The Morgan fingerprint density at radius 1 is 0.392 bits per heavy atom. The van der Waals surface area contributed by atoms with Gasteiger partial charge in [-0.05, 0) is 104 Å². The summed E-state index contributed by atoms with van der Waals surface area (Å²) in [5, 5.41) is 0. The van der Waals surface area contributed by atoms with Gasteiger partial charge in [0.15, 0.2) is 0 Å². The Bertz CT molecular complexity index is 759. The molecule has 2 atom stereocenters. The highest BCUT2D eigenvalue weighted by molar-refractivity contribution is 6.80. The standard InChI is InChI=1S/C35H82N4O9Si3/c1-15-36(16-2)28-23-27-35(40-9,41-10)46-50(44-13,33-25-30-38(19-5)20-6)48-51(45-14,34-26-31-39(21-7)22-8)47-49(42-11,43-12)32-24-29-37(17-3)18-4/h15-34H2,1-14H3. The molecule has 0 aromatic carbocycles. The first-order valence-corrected chi connectivity index (χ1v) is 25.6. The van der Waals surface area contributed by atoms with Crippen LogP contribution >= 0.6 is 0 Å². The van der Waals surface area contributed by atoms with Crippen LogP contribution in [0.2, 0.25) is 18.1 Å². The minimum absolute atomic E-state index is 0.499. The molecule has 0 radical (unpaired) electrons. The van der Waals surface area contributed by atoms with E-state index >= 15 is 0 Å². The van der Waals surface area contributed by atoms with Crippen molar-refractivity contribution in [3.05, 3.63) is 0 Å². The Kier molecular flexibility index (Phi) is 28.6. The first-order chi connectivity index (χ1) is 24.5. The van der Waals surface area contributed by atoms with Crippen LogP contribution in [0.15, 0.2) is 0 Å². The lowest BCUT2D eigenvalue weighted by Crippen LogP contribution is -2.65. The zero-order valence-corrected chi connectivity index (χ0v) is 38.6. The minimum Gasteiger partial charge on any atom is -0.378 e. The van der Waals surface area contributed by atoms with Crippen LogP contribution in [0.5, 0.6) is 0 Å². The van der Waals surface area contributed by atoms with Gasteiger partial charge in [0.1, 0.15) is 0 Å². The molecular formula is C35H82N4O9Si3. The molecule has 0 rings (SSSR count). The van der Waals surface area contributed by atoms with Gasteiger partial charge < -0.3 is 59.4 Å². The minimum atomic E-state index is -3.66.